The summed E-state index contributed by atoms with van der Waals surface area (Å²) >= 11 is 4.94. The number of aromatic nitrogens is 5. The number of thioether (sulfide) groups is 1. The highest BCUT2D eigenvalue weighted by Crippen LogP contribution is 2.27. The Morgan fingerprint density at radius 1 is 1.30 bits per heavy atom. The summed E-state index contributed by atoms with van der Waals surface area (Å²) in [5.74, 6) is 2.40. The van der Waals surface area contributed by atoms with Gasteiger partial charge < -0.3 is 4.42 Å². The Morgan fingerprint density at radius 3 is 2.90 bits per heavy atom. The molecule has 0 aliphatic heterocycles. The van der Waals surface area contributed by atoms with Crippen LogP contribution < -0.4 is 0 Å². The summed E-state index contributed by atoms with van der Waals surface area (Å²) in [5.41, 5.74) is 0.973. The minimum absolute atomic E-state index is 0.550. The molecular formula is C12H10BrN5OS. The van der Waals surface area contributed by atoms with Crippen LogP contribution in [0.25, 0.3) is 11.4 Å². The SMILES string of the molecule is Cc1nnc(CSc2n[nH]c(-c3ccccc3Br)n2)o1. The van der Waals surface area contributed by atoms with E-state index in [0.29, 0.717) is 22.7 Å². The molecule has 0 fully saturated rings. The van der Waals surface area contributed by atoms with Crippen molar-refractivity contribution in [1.29, 1.82) is 0 Å². The van der Waals surface area contributed by atoms with E-state index < -0.39 is 0 Å². The van der Waals surface area contributed by atoms with Gasteiger partial charge in [-0.3, -0.25) is 5.10 Å². The number of rotatable bonds is 4. The summed E-state index contributed by atoms with van der Waals surface area (Å²) in [4.78, 5) is 4.44. The molecule has 0 saturated carbocycles. The van der Waals surface area contributed by atoms with E-state index in [9.17, 15) is 0 Å². The van der Waals surface area contributed by atoms with Crippen molar-refractivity contribution in [1.82, 2.24) is 25.4 Å². The monoisotopic (exact) mass is 351 g/mol. The van der Waals surface area contributed by atoms with Crippen molar-refractivity contribution in [3.63, 3.8) is 0 Å². The molecule has 0 saturated heterocycles. The quantitative estimate of drug-likeness (QED) is 0.726. The van der Waals surface area contributed by atoms with Gasteiger partial charge in [-0.1, -0.05) is 45.9 Å². The fraction of sp³-hybridized carbons (Fsp3) is 0.167. The van der Waals surface area contributed by atoms with Crippen LogP contribution in [0.4, 0.5) is 0 Å². The van der Waals surface area contributed by atoms with E-state index in [1.807, 2.05) is 24.3 Å². The van der Waals surface area contributed by atoms with E-state index in [1.165, 1.54) is 11.8 Å². The van der Waals surface area contributed by atoms with E-state index in [-0.39, 0.29) is 0 Å². The number of aryl methyl sites for hydroxylation is 1. The molecule has 0 aliphatic rings. The maximum atomic E-state index is 5.30. The number of nitrogens with zero attached hydrogens (tertiary/aromatic N) is 4. The third-order valence-corrected chi connectivity index (χ3v) is 4.01. The molecule has 2 aromatic heterocycles. The van der Waals surface area contributed by atoms with Gasteiger partial charge in [0.1, 0.15) is 0 Å². The van der Waals surface area contributed by atoms with Crippen LogP contribution in [0.1, 0.15) is 11.8 Å². The van der Waals surface area contributed by atoms with Crippen LogP contribution >= 0.6 is 27.7 Å². The van der Waals surface area contributed by atoms with E-state index in [0.717, 1.165) is 15.9 Å². The van der Waals surface area contributed by atoms with Gasteiger partial charge in [0.2, 0.25) is 16.9 Å². The molecule has 0 spiro atoms. The molecule has 3 rings (SSSR count). The number of H-pyrrole nitrogens is 1. The van der Waals surface area contributed by atoms with E-state index in [1.54, 1.807) is 6.92 Å². The van der Waals surface area contributed by atoms with Gasteiger partial charge in [0.25, 0.3) is 0 Å². The highest BCUT2D eigenvalue weighted by molar-refractivity contribution is 9.10. The standard InChI is InChI=1S/C12H10BrN5OS/c1-7-15-16-10(19-7)6-20-12-14-11(17-18-12)8-4-2-3-5-9(8)13/h2-5H,6H2,1H3,(H,14,17,18). The number of hydrogen-bond donors (Lipinski definition) is 1. The Hall–Kier alpha value is -1.67. The first kappa shape index (κ1) is 13.3. The Bertz CT molecular complexity index is 726. The van der Waals surface area contributed by atoms with Crippen molar-refractivity contribution >= 4 is 27.7 Å². The smallest absolute Gasteiger partial charge is 0.226 e. The molecule has 1 aromatic carbocycles. The Labute approximate surface area is 127 Å². The Morgan fingerprint density at radius 2 is 2.15 bits per heavy atom. The van der Waals surface area contributed by atoms with Gasteiger partial charge in [-0.15, -0.1) is 15.3 Å². The molecule has 6 nitrogen and oxygen atoms in total. The normalized spacial score (nSPS) is 10.9. The summed E-state index contributed by atoms with van der Waals surface area (Å²) in [6.07, 6.45) is 0. The Balaban J connectivity index is 1.72. The number of benzene rings is 1. The van der Waals surface area contributed by atoms with Gasteiger partial charge in [-0.25, -0.2) is 4.98 Å². The predicted molar refractivity (Wildman–Crippen MR) is 78.1 cm³/mol. The molecule has 0 amide bonds. The van der Waals surface area contributed by atoms with Crippen LogP contribution in [0.15, 0.2) is 38.3 Å². The van der Waals surface area contributed by atoms with Gasteiger partial charge in [0.15, 0.2) is 5.82 Å². The zero-order chi connectivity index (χ0) is 13.9. The van der Waals surface area contributed by atoms with Crippen molar-refractivity contribution in [2.75, 3.05) is 0 Å². The summed E-state index contributed by atoms with van der Waals surface area (Å²) in [5, 5.41) is 15.5. The lowest BCUT2D eigenvalue weighted by Gasteiger charge is -1.97. The Kier molecular flexibility index (Phi) is 3.83. The van der Waals surface area contributed by atoms with Gasteiger partial charge in [-0.2, -0.15) is 0 Å². The van der Waals surface area contributed by atoms with Crippen molar-refractivity contribution in [3.8, 4) is 11.4 Å². The second-order valence-electron chi connectivity index (χ2n) is 3.95. The fourth-order valence-electron chi connectivity index (χ4n) is 1.61. The summed E-state index contributed by atoms with van der Waals surface area (Å²) in [7, 11) is 0. The highest BCUT2D eigenvalue weighted by Gasteiger charge is 2.10. The molecule has 0 radical (unpaired) electrons. The lowest BCUT2D eigenvalue weighted by molar-refractivity contribution is 0.485. The van der Waals surface area contributed by atoms with Crippen LogP contribution in [-0.4, -0.2) is 25.4 Å². The maximum absolute atomic E-state index is 5.30. The zero-order valence-corrected chi connectivity index (χ0v) is 12.9. The molecule has 2 heterocycles. The number of aromatic amines is 1. The van der Waals surface area contributed by atoms with E-state index in [2.05, 4.69) is 41.3 Å². The summed E-state index contributed by atoms with van der Waals surface area (Å²) < 4.78 is 6.27. The number of halogens is 1. The second-order valence-corrected chi connectivity index (χ2v) is 5.75. The van der Waals surface area contributed by atoms with Crippen LogP contribution in [0, 0.1) is 6.92 Å². The number of hydrogen-bond acceptors (Lipinski definition) is 6. The first-order valence-corrected chi connectivity index (χ1v) is 7.59. The molecule has 3 aromatic rings. The third kappa shape index (κ3) is 2.91. The molecular weight excluding hydrogens is 342 g/mol. The molecule has 20 heavy (non-hydrogen) atoms. The fourth-order valence-corrected chi connectivity index (χ4v) is 2.71. The maximum Gasteiger partial charge on any atom is 0.226 e. The van der Waals surface area contributed by atoms with E-state index >= 15 is 0 Å². The van der Waals surface area contributed by atoms with Gasteiger partial charge in [0, 0.05) is 17.0 Å². The molecule has 0 bridgehead atoms. The lowest BCUT2D eigenvalue weighted by Crippen LogP contribution is -1.83. The van der Waals surface area contributed by atoms with Crippen LogP contribution in [0.2, 0.25) is 0 Å². The van der Waals surface area contributed by atoms with Crippen molar-refractivity contribution in [2.45, 2.75) is 17.8 Å². The number of nitrogens with one attached hydrogen (secondary N) is 1. The zero-order valence-electron chi connectivity index (χ0n) is 10.5. The molecule has 0 aliphatic carbocycles. The minimum atomic E-state index is 0.550. The predicted octanol–water partition coefficient (Wildman–Crippen LogP) is 3.22. The molecule has 8 heteroatoms. The molecule has 102 valence electrons. The van der Waals surface area contributed by atoms with Gasteiger partial charge in [-0.05, 0) is 6.07 Å². The van der Waals surface area contributed by atoms with Crippen LogP contribution in [0.5, 0.6) is 0 Å². The van der Waals surface area contributed by atoms with Crippen molar-refractivity contribution in [2.24, 2.45) is 0 Å². The third-order valence-electron chi connectivity index (χ3n) is 2.49. The van der Waals surface area contributed by atoms with Crippen molar-refractivity contribution in [3.05, 3.63) is 40.5 Å². The average molecular weight is 352 g/mol. The van der Waals surface area contributed by atoms with Gasteiger partial charge in [0.05, 0.1) is 5.75 Å². The molecule has 0 atom stereocenters. The first-order chi connectivity index (χ1) is 9.72. The van der Waals surface area contributed by atoms with Crippen LogP contribution in [-0.2, 0) is 5.75 Å². The molecule has 1 N–H and O–H groups in total. The van der Waals surface area contributed by atoms with Crippen LogP contribution in [0.3, 0.4) is 0 Å². The largest absolute Gasteiger partial charge is 0.425 e. The van der Waals surface area contributed by atoms with E-state index in [4.69, 9.17) is 4.42 Å². The second kappa shape index (κ2) is 5.76. The lowest BCUT2D eigenvalue weighted by atomic mass is 10.2. The summed E-state index contributed by atoms with van der Waals surface area (Å²) in [6, 6.07) is 7.85. The highest BCUT2D eigenvalue weighted by atomic mass is 79.9. The van der Waals surface area contributed by atoms with Gasteiger partial charge >= 0.3 is 0 Å². The molecule has 0 unspecified atom stereocenters. The summed E-state index contributed by atoms with van der Waals surface area (Å²) in [6.45, 7) is 1.76. The average Bonchev–Trinajstić information content (AvgIpc) is 3.06. The minimum Gasteiger partial charge on any atom is -0.425 e. The first-order valence-electron chi connectivity index (χ1n) is 5.81. The topological polar surface area (TPSA) is 80.5 Å². The van der Waals surface area contributed by atoms with Crippen molar-refractivity contribution < 1.29 is 4.42 Å².